The topological polar surface area (TPSA) is 84.1 Å². The molecule has 0 amide bonds. The fourth-order valence-corrected chi connectivity index (χ4v) is 5.25. The van der Waals surface area contributed by atoms with Crippen molar-refractivity contribution in [3.63, 3.8) is 0 Å². The normalized spacial score (nSPS) is 11.3. The Morgan fingerprint density at radius 2 is 1.69 bits per heavy atom. The van der Waals surface area contributed by atoms with Gasteiger partial charge in [0.1, 0.15) is 11.0 Å². The van der Waals surface area contributed by atoms with Crippen molar-refractivity contribution in [2.24, 2.45) is 0 Å². The van der Waals surface area contributed by atoms with E-state index in [9.17, 15) is 5.11 Å². The zero-order valence-electron chi connectivity index (χ0n) is 21.5. The molecule has 0 saturated carbocycles. The van der Waals surface area contributed by atoms with Gasteiger partial charge in [-0.1, -0.05) is 48.5 Å². The first-order valence-corrected chi connectivity index (χ1v) is 12.9. The van der Waals surface area contributed by atoms with Gasteiger partial charge >= 0.3 is 0 Å². The summed E-state index contributed by atoms with van der Waals surface area (Å²) in [4.78, 5) is 13.8. The molecule has 6 aromatic rings. The molecule has 0 unspecified atom stereocenters. The van der Waals surface area contributed by atoms with Crippen molar-refractivity contribution in [3.05, 3.63) is 107 Å². The quantitative estimate of drug-likeness (QED) is 0.224. The van der Waals surface area contributed by atoms with Gasteiger partial charge in [-0.25, -0.2) is 9.97 Å². The third-order valence-corrected chi connectivity index (χ3v) is 7.32. The summed E-state index contributed by atoms with van der Waals surface area (Å²) < 4.78 is 6.09. The predicted molar refractivity (Wildman–Crippen MR) is 158 cm³/mol. The fraction of sp³-hybridized carbons (Fsp3) is 0.0938. The van der Waals surface area contributed by atoms with Crippen LogP contribution >= 0.6 is 11.6 Å². The molecule has 7 heteroatoms. The van der Waals surface area contributed by atoms with Crippen LogP contribution in [-0.4, -0.2) is 20.1 Å². The third kappa shape index (κ3) is 4.34. The lowest BCUT2D eigenvalue weighted by Gasteiger charge is -2.16. The molecular weight excluding hydrogens is 508 g/mol. The van der Waals surface area contributed by atoms with Gasteiger partial charge in [0, 0.05) is 29.0 Å². The van der Waals surface area contributed by atoms with E-state index in [1.807, 2.05) is 42.5 Å². The molecule has 3 heterocycles. The van der Waals surface area contributed by atoms with Crippen LogP contribution in [0.1, 0.15) is 22.3 Å². The monoisotopic (exact) mass is 532 g/mol. The van der Waals surface area contributed by atoms with Crippen LogP contribution in [-0.2, 0) is 6.61 Å². The molecule has 0 radical (unpaired) electrons. The SMILES string of the molecule is C=Cc1ccnc2c(Nc3cccc(-c4cccc(-c5nc6cc(CO)cc(Cl)c6o5)c4C)c3C)nccc12. The first kappa shape index (κ1) is 24.8. The predicted octanol–water partition coefficient (Wildman–Crippen LogP) is 8.25. The summed E-state index contributed by atoms with van der Waals surface area (Å²) in [6.45, 7) is 7.96. The summed E-state index contributed by atoms with van der Waals surface area (Å²) in [5, 5.41) is 14.5. The third-order valence-electron chi connectivity index (χ3n) is 7.04. The molecule has 39 heavy (non-hydrogen) atoms. The van der Waals surface area contributed by atoms with Gasteiger partial charge in [0.15, 0.2) is 11.4 Å². The van der Waals surface area contributed by atoms with Gasteiger partial charge in [0.05, 0.1) is 11.6 Å². The average molecular weight is 533 g/mol. The Balaban J connectivity index is 1.42. The van der Waals surface area contributed by atoms with E-state index in [0.29, 0.717) is 33.4 Å². The van der Waals surface area contributed by atoms with Crippen LogP contribution in [0.3, 0.4) is 0 Å². The molecular formula is C32H25ClN4O2. The van der Waals surface area contributed by atoms with Crippen LogP contribution in [0.4, 0.5) is 11.5 Å². The number of fused-ring (bicyclic) bond motifs is 2. The van der Waals surface area contributed by atoms with E-state index in [1.165, 1.54) is 0 Å². The van der Waals surface area contributed by atoms with E-state index in [0.717, 1.165) is 50.0 Å². The minimum atomic E-state index is -0.115. The minimum Gasteiger partial charge on any atom is -0.434 e. The highest BCUT2D eigenvalue weighted by molar-refractivity contribution is 6.34. The molecule has 0 saturated heterocycles. The lowest BCUT2D eigenvalue weighted by atomic mass is 9.93. The fourth-order valence-electron chi connectivity index (χ4n) is 4.97. The summed E-state index contributed by atoms with van der Waals surface area (Å²) in [6.07, 6.45) is 5.38. The van der Waals surface area contributed by atoms with E-state index < -0.39 is 0 Å². The van der Waals surface area contributed by atoms with Gasteiger partial charge in [-0.2, -0.15) is 0 Å². The Kier molecular flexibility index (Phi) is 6.35. The molecule has 0 spiro atoms. The molecule has 6 rings (SSSR count). The maximum atomic E-state index is 9.54. The van der Waals surface area contributed by atoms with Crippen molar-refractivity contribution < 1.29 is 9.52 Å². The summed E-state index contributed by atoms with van der Waals surface area (Å²) in [7, 11) is 0. The first-order valence-electron chi connectivity index (χ1n) is 12.5. The first-order chi connectivity index (χ1) is 19.0. The molecule has 3 aromatic carbocycles. The molecule has 6 nitrogen and oxygen atoms in total. The average Bonchev–Trinajstić information content (AvgIpc) is 3.39. The largest absolute Gasteiger partial charge is 0.434 e. The smallest absolute Gasteiger partial charge is 0.227 e. The van der Waals surface area contributed by atoms with E-state index >= 15 is 0 Å². The Morgan fingerprint density at radius 3 is 2.49 bits per heavy atom. The highest BCUT2D eigenvalue weighted by atomic mass is 35.5. The molecule has 0 aliphatic heterocycles. The second-order valence-electron chi connectivity index (χ2n) is 9.34. The second kappa shape index (κ2) is 9.98. The molecule has 0 fully saturated rings. The Labute approximate surface area is 230 Å². The molecule has 0 aliphatic rings. The Hall–Kier alpha value is -4.52. The van der Waals surface area contributed by atoms with Crippen LogP contribution in [0.25, 0.3) is 50.7 Å². The summed E-state index contributed by atoms with van der Waals surface area (Å²) >= 11 is 6.40. The van der Waals surface area contributed by atoms with Gasteiger partial charge in [-0.05, 0) is 83.6 Å². The van der Waals surface area contributed by atoms with Crippen molar-refractivity contribution in [2.75, 3.05) is 5.32 Å². The molecule has 0 aliphatic carbocycles. The van der Waals surface area contributed by atoms with Crippen LogP contribution in [0.15, 0.2) is 84.1 Å². The van der Waals surface area contributed by atoms with Crippen LogP contribution < -0.4 is 5.32 Å². The number of aliphatic hydroxyl groups is 1. The highest BCUT2D eigenvalue weighted by Crippen LogP contribution is 2.38. The number of aliphatic hydroxyl groups excluding tert-OH is 1. The number of nitrogens with one attached hydrogen (secondary N) is 1. The number of oxazole rings is 1. The van der Waals surface area contributed by atoms with Crippen LogP contribution in [0.2, 0.25) is 5.02 Å². The maximum Gasteiger partial charge on any atom is 0.227 e. The zero-order valence-corrected chi connectivity index (χ0v) is 22.3. The number of halogens is 1. The molecule has 2 N–H and O–H groups in total. The zero-order chi connectivity index (χ0) is 27.1. The van der Waals surface area contributed by atoms with Gasteiger partial charge in [0.2, 0.25) is 5.89 Å². The van der Waals surface area contributed by atoms with Crippen molar-refractivity contribution in [1.82, 2.24) is 15.0 Å². The van der Waals surface area contributed by atoms with Crippen molar-refractivity contribution in [3.8, 4) is 22.6 Å². The molecule has 192 valence electrons. The number of nitrogens with zero attached hydrogens (tertiary/aromatic N) is 3. The van der Waals surface area contributed by atoms with Crippen molar-refractivity contribution >= 4 is 51.2 Å². The van der Waals surface area contributed by atoms with Gasteiger partial charge in [0.25, 0.3) is 0 Å². The summed E-state index contributed by atoms with van der Waals surface area (Å²) in [6, 6.07) is 19.6. The van der Waals surface area contributed by atoms with Gasteiger partial charge < -0.3 is 14.8 Å². The number of aromatic nitrogens is 3. The van der Waals surface area contributed by atoms with Crippen LogP contribution in [0.5, 0.6) is 0 Å². The second-order valence-corrected chi connectivity index (χ2v) is 9.75. The van der Waals surface area contributed by atoms with Crippen molar-refractivity contribution in [2.45, 2.75) is 20.5 Å². The highest BCUT2D eigenvalue weighted by Gasteiger charge is 2.18. The molecule has 0 atom stereocenters. The van der Waals surface area contributed by atoms with Gasteiger partial charge in [-0.15, -0.1) is 0 Å². The summed E-state index contributed by atoms with van der Waals surface area (Å²) in [5.74, 6) is 1.17. The molecule has 0 bridgehead atoms. The van der Waals surface area contributed by atoms with E-state index in [-0.39, 0.29) is 6.61 Å². The van der Waals surface area contributed by atoms with Crippen LogP contribution in [0, 0.1) is 13.8 Å². The van der Waals surface area contributed by atoms with Crippen molar-refractivity contribution in [1.29, 1.82) is 0 Å². The number of hydrogen-bond donors (Lipinski definition) is 2. The lowest BCUT2D eigenvalue weighted by Crippen LogP contribution is -2.00. The van der Waals surface area contributed by atoms with E-state index in [2.05, 4.69) is 47.8 Å². The number of rotatable bonds is 6. The number of anilines is 2. The Morgan fingerprint density at radius 1 is 0.949 bits per heavy atom. The number of pyridine rings is 2. The number of benzene rings is 3. The van der Waals surface area contributed by atoms with E-state index in [4.69, 9.17) is 21.0 Å². The standard InChI is InChI=1S/C32H25ClN4O2/c1-4-21-11-13-34-29-25(21)12-14-35-31(29)36-27-10-6-8-23(19(27)3)22-7-5-9-24(18(22)2)32-37-28-16-20(17-38)15-26(33)30(28)39-32/h4-16,38H,1,17H2,2-3H3,(H,35,36). The van der Waals surface area contributed by atoms with E-state index in [1.54, 1.807) is 24.5 Å². The maximum absolute atomic E-state index is 9.54. The minimum absolute atomic E-state index is 0.115. The summed E-state index contributed by atoms with van der Waals surface area (Å²) in [5.41, 5.74) is 9.67. The van der Waals surface area contributed by atoms with Gasteiger partial charge in [-0.3, -0.25) is 4.98 Å². The number of hydrogen-bond acceptors (Lipinski definition) is 6. The molecule has 3 aromatic heterocycles. The Bertz CT molecular complexity index is 1890. The lowest BCUT2D eigenvalue weighted by molar-refractivity contribution is 0.282.